The van der Waals surface area contributed by atoms with Crippen molar-refractivity contribution in [1.82, 2.24) is 10.2 Å². The maximum absolute atomic E-state index is 12.0. The van der Waals surface area contributed by atoms with Crippen LogP contribution in [0.15, 0.2) is 48.5 Å². The SMILES string of the molecule is COc1ccccc1N1CCN(CCCCC(=O)NCc2ccccc2O)CC1. The van der Waals surface area contributed by atoms with Crippen molar-refractivity contribution < 1.29 is 14.6 Å². The number of ether oxygens (including phenoxy) is 1. The van der Waals surface area contributed by atoms with E-state index >= 15 is 0 Å². The molecule has 156 valence electrons. The molecule has 1 fully saturated rings. The molecular formula is C23H31N3O3. The summed E-state index contributed by atoms with van der Waals surface area (Å²) in [6.45, 7) is 5.42. The number of hydrogen-bond acceptors (Lipinski definition) is 5. The standard InChI is InChI=1S/C23H31N3O3/c1-29-22-11-5-3-9-20(22)26-16-14-25(15-17-26)13-7-6-12-23(28)24-18-19-8-2-4-10-21(19)27/h2-5,8-11,27H,6-7,12-18H2,1H3,(H,24,28). The van der Waals surface area contributed by atoms with Crippen molar-refractivity contribution in [3.63, 3.8) is 0 Å². The van der Waals surface area contributed by atoms with Crippen molar-refractivity contribution in [2.24, 2.45) is 0 Å². The van der Waals surface area contributed by atoms with Gasteiger partial charge in [-0.25, -0.2) is 0 Å². The van der Waals surface area contributed by atoms with Crippen molar-refractivity contribution in [2.75, 3.05) is 44.7 Å². The predicted molar refractivity (Wildman–Crippen MR) is 115 cm³/mol. The molecule has 0 unspecified atom stereocenters. The van der Waals surface area contributed by atoms with E-state index in [-0.39, 0.29) is 11.7 Å². The Kier molecular flexibility index (Phi) is 7.76. The maximum Gasteiger partial charge on any atom is 0.220 e. The van der Waals surface area contributed by atoms with Gasteiger partial charge < -0.3 is 20.1 Å². The van der Waals surface area contributed by atoms with Crippen LogP contribution in [0.5, 0.6) is 11.5 Å². The number of rotatable bonds is 9. The lowest BCUT2D eigenvalue weighted by Crippen LogP contribution is -2.46. The number of unbranched alkanes of at least 4 members (excludes halogenated alkanes) is 1. The Balaban J connectivity index is 1.31. The van der Waals surface area contributed by atoms with Gasteiger partial charge in [-0.2, -0.15) is 0 Å². The van der Waals surface area contributed by atoms with E-state index < -0.39 is 0 Å². The zero-order valence-electron chi connectivity index (χ0n) is 17.1. The Morgan fingerprint density at radius 3 is 2.52 bits per heavy atom. The topological polar surface area (TPSA) is 65.0 Å². The zero-order chi connectivity index (χ0) is 20.5. The first-order valence-electron chi connectivity index (χ1n) is 10.3. The minimum Gasteiger partial charge on any atom is -0.508 e. The minimum atomic E-state index is 0.0363. The molecule has 1 aliphatic heterocycles. The Labute approximate surface area is 173 Å². The summed E-state index contributed by atoms with van der Waals surface area (Å²) in [4.78, 5) is 16.9. The number of carbonyl (C=O) groups excluding carboxylic acids is 1. The number of carbonyl (C=O) groups is 1. The van der Waals surface area contributed by atoms with E-state index in [2.05, 4.69) is 27.2 Å². The van der Waals surface area contributed by atoms with Gasteiger partial charge >= 0.3 is 0 Å². The molecule has 29 heavy (non-hydrogen) atoms. The van der Waals surface area contributed by atoms with Crippen molar-refractivity contribution in [3.8, 4) is 11.5 Å². The summed E-state index contributed by atoms with van der Waals surface area (Å²) < 4.78 is 5.47. The Bertz CT molecular complexity index is 788. The predicted octanol–water partition coefficient (Wildman–Crippen LogP) is 3.01. The Morgan fingerprint density at radius 2 is 1.76 bits per heavy atom. The van der Waals surface area contributed by atoms with Crippen molar-refractivity contribution >= 4 is 11.6 Å². The van der Waals surface area contributed by atoms with E-state index in [9.17, 15) is 9.90 Å². The second kappa shape index (κ2) is 10.7. The second-order valence-electron chi connectivity index (χ2n) is 7.36. The lowest BCUT2D eigenvalue weighted by atomic mass is 10.1. The van der Waals surface area contributed by atoms with Crippen LogP contribution in [0, 0.1) is 0 Å². The molecule has 6 nitrogen and oxygen atoms in total. The van der Waals surface area contributed by atoms with Gasteiger partial charge in [-0.05, 0) is 37.6 Å². The molecule has 1 aliphatic rings. The molecule has 3 rings (SSSR count). The molecule has 0 bridgehead atoms. The van der Waals surface area contributed by atoms with Gasteiger partial charge in [0.1, 0.15) is 11.5 Å². The molecule has 2 aromatic carbocycles. The first kappa shape index (κ1) is 21.0. The highest BCUT2D eigenvalue weighted by atomic mass is 16.5. The summed E-state index contributed by atoms with van der Waals surface area (Å²) in [6.07, 6.45) is 2.41. The fraction of sp³-hybridized carbons (Fsp3) is 0.435. The first-order chi connectivity index (χ1) is 14.2. The lowest BCUT2D eigenvalue weighted by Gasteiger charge is -2.36. The van der Waals surface area contributed by atoms with Crippen LogP contribution in [0.25, 0.3) is 0 Å². The molecule has 0 aliphatic carbocycles. The average Bonchev–Trinajstić information content (AvgIpc) is 2.76. The van der Waals surface area contributed by atoms with Crippen LogP contribution in [-0.4, -0.2) is 55.7 Å². The molecular weight excluding hydrogens is 366 g/mol. The van der Waals surface area contributed by atoms with Crippen molar-refractivity contribution in [2.45, 2.75) is 25.8 Å². The third-order valence-electron chi connectivity index (χ3n) is 5.39. The third kappa shape index (κ3) is 6.12. The van der Waals surface area contributed by atoms with Gasteiger partial charge in [-0.1, -0.05) is 30.3 Å². The Hall–Kier alpha value is -2.73. The number of piperazine rings is 1. The molecule has 0 spiro atoms. The van der Waals surface area contributed by atoms with E-state index in [0.717, 1.165) is 62.6 Å². The third-order valence-corrected chi connectivity index (χ3v) is 5.39. The maximum atomic E-state index is 12.0. The smallest absolute Gasteiger partial charge is 0.220 e. The monoisotopic (exact) mass is 397 g/mol. The van der Waals surface area contributed by atoms with Gasteiger partial charge in [0.05, 0.1) is 12.8 Å². The molecule has 2 aromatic rings. The number of hydrogen-bond donors (Lipinski definition) is 2. The fourth-order valence-corrected chi connectivity index (χ4v) is 3.67. The summed E-state index contributed by atoms with van der Waals surface area (Å²) >= 11 is 0. The molecule has 1 heterocycles. The van der Waals surface area contributed by atoms with Crippen LogP contribution in [0.1, 0.15) is 24.8 Å². The zero-order valence-corrected chi connectivity index (χ0v) is 17.1. The number of nitrogens with one attached hydrogen (secondary N) is 1. The molecule has 0 aromatic heterocycles. The number of para-hydroxylation sites is 3. The van der Waals surface area contributed by atoms with Crippen molar-refractivity contribution in [1.29, 1.82) is 0 Å². The number of anilines is 1. The van der Waals surface area contributed by atoms with Crippen LogP contribution in [-0.2, 0) is 11.3 Å². The van der Waals surface area contributed by atoms with Gasteiger partial charge in [-0.3, -0.25) is 9.69 Å². The molecule has 2 N–H and O–H groups in total. The van der Waals surface area contributed by atoms with E-state index in [1.54, 1.807) is 19.2 Å². The average molecular weight is 398 g/mol. The summed E-state index contributed by atoms with van der Waals surface area (Å²) in [7, 11) is 1.72. The van der Waals surface area contributed by atoms with E-state index in [0.29, 0.717) is 13.0 Å². The highest BCUT2D eigenvalue weighted by molar-refractivity contribution is 5.75. The molecule has 0 radical (unpaired) electrons. The summed E-state index contributed by atoms with van der Waals surface area (Å²) in [5.41, 5.74) is 1.91. The van der Waals surface area contributed by atoms with Gasteiger partial charge in [0.15, 0.2) is 0 Å². The van der Waals surface area contributed by atoms with Crippen LogP contribution in [0.2, 0.25) is 0 Å². The van der Waals surface area contributed by atoms with Gasteiger partial charge in [0.25, 0.3) is 0 Å². The van der Waals surface area contributed by atoms with Crippen molar-refractivity contribution in [3.05, 3.63) is 54.1 Å². The van der Waals surface area contributed by atoms with Gasteiger partial charge in [-0.15, -0.1) is 0 Å². The number of methoxy groups -OCH3 is 1. The molecule has 0 saturated carbocycles. The van der Waals surface area contributed by atoms with Crippen LogP contribution >= 0.6 is 0 Å². The summed E-state index contributed by atoms with van der Waals surface area (Å²) in [5.74, 6) is 1.19. The quantitative estimate of drug-likeness (QED) is 0.637. The van der Waals surface area contributed by atoms with Crippen LogP contribution in [0.4, 0.5) is 5.69 Å². The summed E-state index contributed by atoms with van der Waals surface area (Å²) in [5, 5.41) is 12.6. The minimum absolute atomic E-state index is 0.0363. The normalized spacial score (nSPS) is 14.6. The highest BCUT2D eigenvalue weighted by Crippen LogP contribution is 2.28. The second-order valence-corrected chi connectivity index (χ2v) is 7.36. The Morgan fingerprint density at radius 1 is 1.03 bits per heavy atom. The number of aromatic hydroxyl groups is 1. The van der Waals surface area contributed by atoms with E-state index in [1.165, 1.54) is 0 Å². The first-order valence-corrected chi connectivity index (χ1v) is 10.3. The van der Waals surface area contributed by atoms with Gasteiger partial charge in [0.2, 0.25) is 5.91 Å². The molecule has 1 saturated heterocycles. The van der Waals surface area contributed by atoms with E-state index in [1.807, 2.05) is 24.3 Å². The lowest BCUT2D eigenvalue weighted by molar-refractivity contribution is -0.121. The summed E-state index contributed by atoms with van der Waals surface area (Å²) in [6, 6.07) is 15.3. The molecule has 6 heteroatoms. The fourth-order valence-electron chi connectivity index (χ4n) is 3.67. The largest absolute Gasteiger partial charge is 0.508 e. The highest BCUT2D eigenvalue weighted by Gasteiger charge is 2.19. The molecule has 1 amide bonds. The number of benzene rings is 2. The van der Waals surface area contributed by atoms with E-state index in [4.69, 9.17) is 4.74 Å². The molecule has 0 atom stereocenters. The number of amides is 1. The van der Waals surface area contributed by atoms with Crippen LogP contribution in [0.3, 0.4) is 0 Å². The number of phenolic OH excluding ortho intramolecular Hbond substituents is 1. The van der Waals surface area contributed by atoms with Gasteiger partial charge in [0, 0.05) is 44.7 Å². The number of phenols is 1. The number of nitrogens with zero attached hydrogens (tertiary/aromatic N) is 2. The van der Waals surface area contributed by atoms with Crippen LogP contribution < -0.4 is 15.0 Å².